The van der Waals surface area contributed by atoms with Crippen molar-refractivity contribution in [3.05, 3.63) is 34.4 Å². The molecule has 0 fully saturated rings. The third-order valence-electron chi connectivity index (χ3n) is 1.17. The first kappa shape index (κ1) is 8.32. The normalized spacial score (nSPS) is 9.18. The summed E-state index contributed by atoms with van der Waals surface area (Å²) in [6.45, 7) is 0. The summed E-state index contributed by atoms with van der Waals surface area (Å²) in [6.07, 6.45) is 0. The van der Waals surface area contributed by atoms with Gasteiger partial charge in [-0.15, -0.1) is 0 Å². The van der Waals surface area contributed by atoms with E-state index >= 15 is 0 Å². The molecule has 0 bridgehead atoms. The molecule has 1 aromatic carbocycles. The molecule has 0 aromatic heterocycles. The molecule has 5 heteroatoms. The van der Waals surface area contributed by atoms with Crippen LogP contribution < -0.4 is 3.07 Å². The fourth-order valence-electron chi connectivity index (χ4n) is 0.694. The summed E-state index contributed by atoms with van der Waals surface area (Å²) in [7, 11) is 0. The molecule has 0 aliphatic carbocycles. The zero-order valence-electron chi connectivity index (χ0n) is 5.48. The van der Waals surface area contributed by atoms with Gasteiger partial charge in [0.15, 0.2) is 0 Å². The van der Waals surface area contributed by atoms with E-state index in [-0.39, 0.29) is 5.69 Å². The van der Waals surface area contributed by atoms with Gasteiger partial charge < -0.3 is 0 Å². The van der Waals surface area contributed by atoms with Crippen LogP contribution >= 0.6 is 0 Å². The van der Waals surface area contributed by atoms with E-state index in [1.165, 1.54) is 6.07 Å². The molecule has 0 saturated heterocycles. The van der Waals surface area contributed by atoms with Crippen molar-refractivity contribution in [3.8, 4) is 5.75 Å². The van der Waals surface area contributed by atoms with Crippen LogP contribution in [0.15, 0.2) is 24.3 Å². The van der Waals surface area contributed by atoms with Crippen LogP contribution in [0.5, 0.6) is 5.75 Å². The minimum absolute atomic E-state index is 0.0179. The van der Waals surface area contributed by atoms with Gasteiger partial charge in [0.2, 0.25) is 0 Å². The molecule has 0 amide bonds. The molecule has 0 unspecified atom stereocenters. The molecular weight excluding hydrogens is 253 g/mol. The number of benzene rings is 1. The Morgan fingerprint density at radius 1 is 1.45 bits per heavy atom. The van der Waals surface area contributed by atoms with E-state index in [1.54, 1.807) is 18.2 Å². The van der Waals surface area contributed by atoms with Gasteiger partial charge in [-0.3, -0.25) is 0 Å². The SMILES string of the molecule is O=[N+]([O-])c1ccccc1[O][Sn]. The Hall–Kier alpha value is -0.781. The Morgan fingerprint density at radius 2 is 2.09 bits per heavy atom. The standard InChI is InChI=1S/C6H5NO3.Sn/c8-6-4-2-1-3-5(6)7(9)10;/h1-4,8H;/q;+1/p-1. The Morgan fingerprint density at radius 3 is 2.55 bits per heavy atom. The fraction of sp³-hybridized carbons (Fsp3) is 0. The second kappa shape index (κ2) is 3.56. The molecule has 4 nitrogen and oxygen atoms in total. The summed E-state index contributed by atoms with van der Waals surface area (Å²) in [6, 6.07) is 6.30. The van der Waals surface area contributed by atoms with Crippen molar-refractivity contribution in [3.63, 3.8) is 0 Å². The van der Waals surface area contributed by atoms with Crippen LogP contribution in [-0.4, -0.2) is 27.9 Å². The van der Waals surface area contributed by atoms with Crippen LogP contribution in [0.4, 0.5) is 5.69 Å². The summed E-state index contributed by atoms with van der Waals surface area (Å²) in [5.41, 5.74) is 0.0179. The van der Waals surface area contributed by atoms with Crippen molar-refractivity contribution in [1.29, 1.82) is 0 Å². The van der Waals surface area contributed by atoms with E-state index in [0.29, 0.717) is 5.75 Å². The third-order valence-corrected chi connectivity index (χ3v) is 1.80. The summed E-state index contributed by atoms with van der Waals surface area (Å²) in [4.78, 5) is 9.86. The van der Waals surface area contributed by atoms with Gasteiger partial charge in [0.25, 0.3) is 0 Å². The van der Waals surface area contributed by atoms with Gasteiger partial charge in [-0.1, -0.05) is 0 Å². The fourth-order valence-corrected chi connectivity index (χ4v) is 1.19. The number of rotatable bonds is 2. The number of nitro benzene ring substituents is 1. The third kappa shape index (κ3) is 1.83. The zero-order chi connectivity index (χ0) is 8.27. The van der Waals surface area contributed by atoms with E-state index < -0.39 is 4.92 Å². The summed E-state index contributed by atoms with van der Waals surface area (Å²) in [5.74, 6) is 0.329. The molecule has 11 heavy (non-hydrogen) atoms. The average molecular weight is 257 g/mol. The summed E-state index contributed by atoms with van der Waals surface area (Å²) < 4.78 is 4.85. The van der Waals surface area contributed by atoms with Gasteiger partial charge >= 0.3 is 76.8 Å². The predicted octanol–water partition coefficient (Wildman–Crippen LogP) is 1.06. The molecule has 0 N–H and O–H groups in total. The van der Waals surface area contributed by atoms with Crippen LogP contribution in [0.2, 0.25) is 0 Å². The van der Waals surface area contributed by atoms with Crippen molar-refractivity contribution >= 4 is 28.6 Å². The maximum absolute atomic E-state index is 10.3. The molecule has 0 aliphatic rings. The van der Waals surface area contributed by atoms with E-state index in [1.807, 2.05) is 0 Å². The maximum atomic E-state index is 10.3. The van der Waals surface area contributed by atoms with Crippen LogP contribution in [0.25, 0.3) is 0 Å². The van der Waals surface area contributed by atoms with Gasteiger partial charge in [-0.05, 0) is 0 Å². The number of hydrogen-bond acceptors (Lipinski definition) is 3. The Balaban J connectivity index is 3.12. The van der Waals surface area contributed by atoms with Crippen molar-refractivity contribution in [2.75, 3.05) is 0 Å². The molecule has 1 rings (SSSR count). The number of para-hydroxylation sites is 2. The Kier molecular flexibility index (Phi) is 2.69. The second-order valence-corrected chi connectivity index (χ2v) is 2.41. The summed E-state index contributed by atoms with van der Waals surface area (Å²) in [5, 5.41) is 10.3. The van der Waals surface area contributed by atoms with Gasteiger partial charge in [-0.25, -0.2) is 0 Å². The van der Waals surface area contributed by atoms with E-state index in [0.717, 1.165) is 22.9 Å². The first-order chi connectivity index (χ1) is 5.25. The quantitative estimate of drug-likeness (QED) is 0.452. The molecule has 0 heterocycles. The van der Waals surface area contributed by atoms with Crippen molar-refractivity contribution < 1.29 is 8.00 Å². The van der Waals surface area contributed by atoms with Gasteiger partial charge in [0, 0.05) is 0 Å². The van der Waals surface area contributed by atoms with Crippen LogP contribution in [0.3, 0.4) is 0 Å². The predicted molar refractivity (Wildman–Crippen MR) is 39.5 cm³/mol. The number of hydrogen-bond donors (Lipinski definition) is 0. The monoisotopic (exact) mass is 258 g/mol. The van der Waals surface area contributed by atoms with Crippen LogP contribution in [0.1, 0.15) is 0 Å². The first-order valence-corrected chi connectivity index (χ1v) is 3.99. The Bertz CT molecular complexity index is 276. The number of nitro groups is 1. The van der Waals surface area contributed by atoms with Gasteiger partial charge in [-0.2, -0.15) is 0 Å². The van der Waals surface area contributed by atoms with E-state index in [9.17, 15) is 10.1 Å². The second-order valence-electron chi connectivity index (χ2n) is 1.83. The van der Waals surface area contributed by atoms with Crippen molar-refractivity contribution in [1.82, 2.24) is 0 Å². The minimum atomic E-state index is -0.459. The van der Waals surface area contributed by atoms with Crippen molar-refractivity contribution in [2.45, 2.75) is 0 Å². The molecule has 0 aliphatic heterocycles. The van der Waals surface area contributed by atoms with Crippen LogP contribution in [-0.2, 0) is 0 Å². The first-order valence-electron chi connectivity index (χ1n) is 2.82. The van der Waals surface area contributed by atoms with Crippen LogP contribution in [0, 0.1) is 10.1 Å². The van der Waals surface area contributed by atoms with E-state index in [4.69, 9.17) is 3.07 Å². The Labute approximate surface area is 77.0 Å². The average Bonchev–Trinajstić information content (AvgIpc) is 2.04. The molecular formula is C6H4NO3Sn. The number of nitrogens with zero attached hydrogens (tertiary/aromatic N) is 1. The molecule has 0 saturated carbocycles. The van der Waals surface area contributed by atoms with E-state index in [2.05, 4.69) is 0 Å². The molecule has 3 radical (unpaired) electrons. The topological polar surface area (TPSA) is 52.4 Å². The zero-order valence-corrected chi connectivity index (χ0v) is 8.34. The molecule has 0 atom stereocenters. The summed E-state index contributed by atoms with van der Waals surface area (Å²) >= 11 is 0.797. The molecule has 55 valence electrons. The van der Waals surface area contributed by atoms with Crippen molar-refractivity contribution in [2.24, 2.45) is 0 Å². The van der Waals surface area contributed by atoms with Gasteiger partial charge in [0.05, 0.1) is 0 Å². The van der Waals surface area contributed by atoms with Gasteiger partial charge in [0.1, 0.15) is 0 Å². The molecule has 0 spiro atoms. The molecule has 1 aromatic rings.